The summed E-state index contributed by atoms with van der Waals surface area (Å²) in [4.78, 5) is 10.6. The molecule has 94 valence electrons. The molecule has 0 saturated carbocycles. The van der Waals surface area contributed by atoms with Gasteiger partial charge in [0.25, 0.3) is 0 Å². The molecule has 0 saturated heterocycles. The van der Waals surface area contributed by atoms with E-state index in [1.165, 1.54) is 0 Å². The molecule has 5 nitrogen and oxygen atoms in total. The van der Waals surface area contributed by atoms with Gasteiger partial charge in [-0.2, -0.15) is 0 Å². The molecule has 5 N–H and O–H groups in total. The second-order valence-corrected chi connectivity index (χ2v) is 4.02. The van der Waals surface area contributed by atoms with E-state index in [2.05, 4.69) is 0 Å². The van der Waals surface area contributed by atoms with Gasteiger partial charge in [-0.15, -0.1) is 0 Å². The van der Waals surface area contributed by atoms with E-state index in [1.807, 2.05) is 25.1 Å². The van der Waals surface area contributed by atoms with Crippen LogP contribution in [-0.4, -0.2) is 24.2 Å². The Bertz CT molecular complexity index is 407. The summed E-state index contributed by atoms with van der Waals surface area (Å²) < 4.78 is 5.14. The first-order valence-corrected chi connectivity index (χ1v) is 5.34. The van der Waals surface area contributed by atoms with Crippen LogP contribution in [0, 0.1) is 6.92 Å². The van der Waals surface area contributed by atoms with Crippen LogP contribution >= 0.6 is 0 Å². The molecule has 2 atom stereocenters. The van der Waals surface area contributed by atoms with Gasteiger partial charge in [-0.05, 0) is 30.5 Å². The van der Waals surface area contributed by atoms with Crippen molar-refractivity contribution in [3.05, 3.63) is 29.3 Å². The molecule has 0 aliphatic rings. The Morgan fingerprint density at radius 3 is 2.59 bits per heavy atom. The van der Waals surface area contributed by atoms with Crippen molar-refractivity contribution in [2.45, 2.75) is 25.4 Å². The highest BCUT2D eigenvalue weighted by Gasteiger charge is 2.17. The van der Waals surface area contributed by atoms with E-state index < -0.39 is 12.0 Å². The number of ether oxygens (including phenoxy) is 1. The van der Waals surface area contributed by atoms with Gasteiger partial charge in [0.1, 0.15) is 11.8 Å². The monoisotopic (exact) mass is 238 g/mol. The number of hydrogen-bond donors (Lipinski definition) is 3. The molecule has 0 aliphatic carbocycles. The Balaban J connectivity index is 2.79. The number of carboxylic acid groups (broad SMARTS) is 1. The van der Waals surface area contributed by atoms with Crippen molar-refractivity contribution in [2.75, 3.05) is 7.11 Å². The second-order valence-electron chi connectivity index (χ2n) is 4.02. The predicted octanol–water partition coefficient (Wildman–Crippen LogP) is 0.805. The van der Waals surface area contributed by atoms with Crippen LogP contribution in [0.25, 0.3) is 0 Å². The average Bonchev–Trinajstić information content (AvgIpc) is 2.28. The van der Waals surface area contributed by atoms with Crippen LogP contribution in [0.2, 0.25) is 0 Å². The fourth-order valence-electron chi connectivity index (χ4n) is 1.64. The number of aryl methyl sites for hydroxylation is 1. The highest BCUT2D eigenvalue weighted by molar-refractivity contribution is 5.73. The lowest BCUT2D eigenvalue weighted by atomic mass is 9.99. The number of methoxy groups -OCH3 is 1. The molecule has 0 aromatic heterocycles. The first kappa shape index (κ1) is 13.5. The molecule has 0 radical (unpaired) electrons. The average molecular weight is 238 g/mol. The SMILES string of the molecule is COc1ccc(C(N)CC(N)C(=O)O)cc1C. The number of hydrogen-bond acceptors (Lipinski definition) is 4. The van der Waals surface area contributed by atoms with Crippen molar-refractivity contribution >= 4 is 5.97 Å². The molecule has 5 heteroatoms. The first-order valence-electron chi connectivity index (χ1n) is 5.34. The summed E-state index contributed by atoms with van der Waals surface area (Å²) in [5, 5.41) is 8.71. The summed E-state index contributed by atoms with van der Waals surface area (Å²) >= 11 is 0. The molecule has 0 amide bonds. The summed E-state index contributed by atoms with van der Waals surface area (Å²) in [7, 11) is 1.60. The maximum atomic E-state index is 10.6. The van der Waals surface area contributed by atoms with Gasteiger partial charge in [0.15, 0.2) is 0 Å². The number of rotatable bonds is 5. The number of nitrogens with two attached hydrogens (primary N) is 2. The van der Waals surface area contributed by atoms with Crippen molar-refractivity contribution in [2.24, 2.45) is 11.5 Å². The van der Waals surface area contributed by atoms with Gasteiger partial charge < -0.3 is 21.3 Å². The van der Waals surface area contributed by atoms with E-state index in [4.69, 9.17) is 21.3 Å². The van der Waals surface area contributed by atoms with Gasteiger partial charge in [0.2, 0.25) is 0 Å². The Morgan fingerprint density at radius 2 is 2.12 bits per heavy atom. The highest BCUT2D eigenvalue weighted by Crippen LogP contribution is 2.23. The van der Waals surface area contributed by atoms with E-state index in [-0.39, 0.29) is 12.5 Å². The lowest BCUT2D eigenvalue weighted by Gasteiger charge is -2.16. The molecular formula is C12H18N2O3. The number of aliphatic carboxylic acids is 1. The molecule has 17 heavy (non-hydrogen) atoms. The fraction of sp³-hybridized carbons (Fsp3) is 0.417. The minimum Gasteiger partial charge on any atom is -0.496 e. The van der Waals surface area contributed by atoms with Crippen LogP contribution in [0.15, 0.2) is 18.2 Å². The van der Waals surface area contributed by atoms with E-state index in [1.54, 1.807) is 7.11 Å². The lowest BCUT2D eigenvalue weighted by molar-refractivity contribution is -0.138. The molecule has 0 aliphatic heterocycles. The Morgan fingerprint density at radius 1 is 1.47 bits per heavy atom. The molecule has 0 fully saturated rings. The summed E-state index contributed by atoms with van der Waals surface area (Å²) in [5.74, 6) is -0.255. The smallest absolute Gasteiger partial charge is 0.320 e. The van der Waals surface area contributed by atoms with Crippen LogP contribution in [0.5, 0.6) is 5.75 Å². The zero-order chi connectivity index (χ0) is 13.0. The van der Waals surface area contributed by atoms with Crippen molar-refractivity contribution in [1.82, 2.24) is 0 Å². The molecule has 0 heterocycles. The summed E-state index contributed by atoms with van der Waals surface area (Å²) in [6.07, 6.45) is 0.209. The van der Waals surface area contributed by atoms with E-state index >= 15 is 0 Å². The second kappa shape index (κ2) is 5.65. The van der Waals surface area contributed by atoms with Gasteiger partial charge in [0.05, 0.1) is 7.11 Å². The van der Waals surface area contributed by atoms with E-state index in [0.717, 1.165) is 16.9 Å². The molecule has 1 aromatic carbocycles. The van der Waals surface area contributed by atoms with Gasteiger partial charge in [-0.25, -0.2) is 0 Å². The highest BCUT2D eigenvalue weighted by atomic mass is 16.5. The molecule has 0 spiro atoms. The van der Waals surface area contributed by atoms with Gasteiger partial charge in [0, 0.05) is 6.04 Å². The normalized spacial score (nSPS) is 14.1. The van der Waals surface area contributed by atoms with Crippen LogP contribution in [0.4, 0.5) is 0 Å². The Kier molecular flexibility index (Phi) is 4.48. The number of carbonyl (C=O) groups is 1. The lowest BCUT2D eigenvalue weighted by Crippen LogP contribution is -2.33. The van der Waals surface area contributed by atoms with E-state index in [9.17, 15) is 4.79 Å². The Labute approximate surface area is 100 Å². The fourth-order valence-corrected chi connectivity index (χ4v) is 1.64. The topological polar surface area (TPSA) is 98.6 Å². The molecular weight excluding hydrogens is 220 g/mol. The molecule has 0 bridgehead atoms. The van der Waals surface area contributed by atoms with Gasteiger partial charge in [-0.1, -0.05) is 12.1 Å². The maximum absolute atomic E-state index is 10.6. The third kappa shape index (κ3) is 3.44. The minimum absolute atomic E-state index is 0.209. The quantitative estimate of drug-likeness (QED) is 0.705. The van der Waals surface area contributed by atoms with Gasteiger partial charge in [-0.3, -0.25) is 4.79 Å². The van der Waals surface area contributed by atoms with Crippen LogP contribution in [0.3, 0.4) is 0 Å². The van der Waals surface area contributed by atoms with Crippen molar-refractivity contribution in [3.8, 4) is 5.75 Å². The zero-order valence-electron chi connectivity index (χ0n) is 10.0. The first-order chi connectivity index (χ1) is 7.95. The third-order valence-corrected chi connectivity index (χ3v) is 2.67. The molecule has 1 aromatic rings. The Hall–Kier alpha value is -1.59. The van der Waals surface area contributed by atoms with Crippen LogP contribution < -0.4 is 16.2 Å². The summed E-state index contributed by atoms with van der Waals surface area (Å²) in [5.41, 5.74) is 13.2. The van der Waals surface area contributed by atoms with Crippen molar-refractivity contribution in [3.63, 3.8) is 0 Å². The van der Waals surface area contributed by atoms with Crippen molar-refractivity contribution < 1.29 is 14.6 Å². The standard InChI is InChI=1S/C12H18N2O3/c1-7-5-8(3-4-11(7)17-2)9(13)6-10(14)12(15)16/h3-5,9-10H,6,13-14H2,1-2H3,(H,15,16). The largest absolute Gasteiger partial charge is 0.496 e. The number of benzene rings is 1. The van der Waals surface area contributed by atoms with Crippen molar-refractivity contribution in [1.29, 1.82) is 0 Å². The zero-order valence-corrected chi connectivity index (χ0v) is 10.0. The summed E-state index contributed by atoms with van der Waals surface area (Å²) in [6, 6.07) is 4.21. The van der Waals surface area contributed by atoms with Crippen LogP contribution in [-0.2, 0) is 4.79 Å². The third-order valence-electron chi connectivity index (χ3n) is 2.67. The minimum atomic E-state index is -1.04. The molecule has 1 rings (SSSR count). The summed E-state index contributed by atoms with van der Waals surface area (Å²) in [6.45, 7) is 1.91. The van der Waals surface area contributed by atoms with Gasteiger partial charge >= 0.3 is 5.97 Å². The maximum Gasteiger partial charge on any atom is 0.320 e. The number of carboxylic acids is 1. The predicted molar refractivity (Wildman–Crippen MR) is 64.9 cm³/mol. The molecule has 2 unspecified atom stereocenters. The van der Waals surface area contributed by atoms with E-state index in [0.29, 0.717) is 0 Å². The van der Waals surface area contributed by atoms with Crippen LogP contribution in [0.1, 0.15) is 23.6 Å².